The highest BCUT2D eigenvalue weighted by atomic mass is 16.7. The number of hydrogen-bond donors (Lipinski definition) is 3. The third kappa shape index (κ3) is 2.05. The molecule has 6 heteroatoms. The van der Waals surface area contributed by atoms with Crippen LogP contribution in [0.5, 0.6) is 0 Å². The molecule has 3 N–H and O–H groups in total. The topological polar surface area (TPSA) is 88.4 Å². The summed E-state index contributed by atoms with van der Waals surface area (Å²) < 4.78 is 14.8. The van der Waals surface area contributed by atoms with Gasteiger partial charge in [-0.05, 0) is 0 Å². The average molecular weight is 208 g/mol. The molecule has 84 valence electrons. The molecular weight excluding hydrogens is 192 g/mol. The van der Waals surface area contributed by atoms with Crippen LogP contribution >= 0.6 is 0 Å². The van der Waals surface area contributed by atoms with Gasteiger partial charge in [0.2, 0.25) is 0 Å². The van der Waals surface area contributed by atoms with Crippen LogP contribution in [0.3, 0.4) is 0 Å². The van der Waals surface area contributed by atoms with E-state index in [0.717, 1.165) is 0 Å². The van der Waals surface area contributed by atoms with Gasteiger partial charge in [-0.15, -0.1) is 0 Å². The lowest BCUT2D eigenvalue weighted by molar-refractivity contribution is -0.295. The largest absolute Gasteiger partial charge is 0.394 e. The van der Waals surface area contributed by atoms with E-state index >= 15 is 0 Å². The van der Waals surface area contributed by atoms with Crippen LogP contribution in [-0.4, -0.2) is 66.9 Å². The van der Waals surface area contributed by atoms with Gasteiger partial charge >= 0.3 is 0 Å². The van der Waals surface area contributed by atoms with Gasteiger partial charge < -0.3 is 29.5 Å². The Morgan fingerprint density at radius 1 is 1.14 bits per heavy atom. The molecule has 0 radical (unpaired) electrons. The van der Waals surface area contributed by atoms with Crippen LogP contribution < -0.4 is 0 Å². The SMILES string of the molecule is CO[C@@H]1[C@@H](OC)[C@@H](O)[C@@H](CO)O[C@@H]1O. The van der Waals surface area contributed by atoms with Crippen molar-refractivity contribution in [1.29, 1.82) is 0 Å². The van der Waals surface area contributed by atoms with Crippen molar-refractivity contribution in [3.63, 3.8) is 0 Å². The minimum atomic E-state index is -1.20. The maximum Gasteiger partial charge on any atom is 0.184 e. The van der Waals surface area contributed by atoms with Crippen molar-refractivity contribution >= 4 is 0 Å². The molecular formula is C8H16O6. The van der Waals surface area contributed by atoms with Crippen LogP contribution in [0.4, 0.5) is 0 Å². The van der Waals surface area contributed by atoms with E-state index in [-0.39, 0.29) is 6.61 Å². The van der Waals surface area contributed by atoms with Gasteiger partial charge in [-0.1, -0.05) is 0 Å². The molecule has 1 heterocycles. The highest BCUT2D eigenvalue weighted by Gasteiger charge is 2.44. The van der Waals surface area contributed by atoms with Gasteiger partial charge in [0.25, 0.3) is 0 Å². The second kappa shape index (κ2) is 5.01. The Bertz CT molecular complexity index is 175. The molecule has 1 rings (SSSR count). The first kappa shape index (κ1) is 11.8. The van der Waals surface area contributed by atoms with E-state index in [1.165, 1.54) is 14.2 Å². The van der Waals surface area contributed by atoms with Gasteiger partial charge in [0.15, 0.2) is 6.29 Å². The third-order valence-corrected chi connectivity index (χ3v) is 2.36. The molecule has 0 amide bonds. The summed E-state index contributed by atoms with van der Waals surface area (Å²) in [5.74, 6) is 0. The van der Waals surface area contributed by atoms with Crippen LogP contribution in [0.25, 0.3) is 0 Å². The monoisotopic (exact) mass is 208 g/mol. The molecule has 1 aliphatic heterocycles. The Hall–Kier alpha value is -0.240. The lowest BCUT2D eigenvalue weighted by Crippen LogP contribution is -2.59. The van der Waals surface area contributed by atoms with E-state index < -0.39 is 30.7 Å². The minimum Gasteiger partial charge on any atom is -0.394 e. The molecule has 1 fully saturated rings. The molecule has 0 aromatic carbocycles. The molecule has 0 bridgehead atoms. The van der Waals surface area contributed by atoms with E-state index in [4.69, 9.17) is 19.3 Å². The second-order valence-corrected chi connectivity index (χ2v) is 3.14. The summed E-state index contributed by atoms with van der Waals surface area (Å²) in [5, 5.41) is 27.9. The van der Waals surface area contributed by atoms with Gasteiger partial charge in [0.05, 0.1) is 6.61 Å². The summed E-state index contributed by atoms with van der Waals surface area (Å²) in [5.41, 5.74) is 0. The van der Waals surface area contributed by atoms with Crippen molar-refractivity contribution in [2.75, 3.05) is 20.8 Å². The molecule has 1 saturated heterocycles. The van der Waals surface area contributed by atoms with Gasteiger partial charge in [-0.2, -0.15) is 0 Å². The van der Waals surface area contributed by atoms with Crippen LogP contribution in [0, 0.1) is 0 Å². The molecule has 6 nitrogen and oxygen atoms in total. The summed E-state index contributed by atoms with van der Waals surface area (Å²) in [4.78, 5) is 0. The number of aliphatic hydroxyl groups is 3. The Kier molecular flexibility index (Phi) is 4.24. The highest BCUT2D eigenvalue weighted by molar-refractivity contribution is 4.90. The van der Waals surface area contributed by atoms with E-state index in [0.29, 0.717) is 0 Å². The van der Waals surface area contributed by atoms with E-state index in [2.05, 4.69) is 0 Å². The lowest BCUT2D eigenvalue weighted by Gasteiger charge is -2.40. The smallest absolute Gasteiger partial charge is 0.184 e. The quantitative estimate of drug-likeness (QED) is 0.501. The molecule has 5 atom stereocenters. The number of hydrogen-bond acceptors (Lipinski definition) is 6. The Morgan fingerprint density at radius 2 is 1.71 bits per heavy atom. The first-order valence-corrected chi connectivity index (χ1v) is 4.33. The zero-order valence-corrected chi connectivity index (χ0v) is 8.16. The van der Waals surface area contributed by atoms with Gasteiger partial charge in [0.1, 0.15) is 24.4 Å². The van der Waals surface area contributed by atoms with E-state index in [9.17, 15) is 10.2 Å². The normalized spacial score (nSPS) is 43.9. The maximum atomic E-state index is 9.65. The van der Waals surface area contributed by atoms with Gasteiger partial charge in [-0.3, -0.25) is 0 Å². The Balaban J connectivity index is 2.73. The molecule has 0 unspecified atom stereocenters. The van der Waals surface area contributed by atoms with Crippen molar-refractivity contribution in [2.24, 2.45) is 0 Å². The zero-order chi connectivity index (χ0) is 10.7. The zero-order valence-electron chi connectivity index (χ0n) is 8.16. The summed E-state index contributed by atoms with van der Waals surface area (Å²) >= 11 is 0. The average Bonchev–Trinajstić information content (AvgIpc) is 2.20. The summed E-state index contributed by atoms with van der Waals surface area (Å²) in [7, 11) is 2.78. The Morgan fingerprint density at radius 3 is 2.14 bits per heavy atom. The van der Waals surface area contributed by atoms with Crippen molar-refractivity contribution in [3.8, 4) is 0 Å². The summed E-state index contributed by atoms with van der Waals surface area (Å²) in [6, 6.07) is 0. The minimum absolute atomic E-state index is 0.380. The standard InChI is InChI=1S/C8H16O6/c1-12-6-5(10)4(3-9)14-8(11)7(6)13-2/h4-11H,3H2,1-2H3/t4-,5+,6+,7-,8+/m1/s1. The first-order valence-electron chi connectivity index (χ1n) is 4.33. The molecule has 14 heavy (non-hydrogen) atoms. The third-order valence-electron chi connectivity index (χ3n) is 2.36. The van der Waals surface area contributed by atoms with Crippen LogP contribution in [-0.2, 0) is 14.2 Å². The predicted octanol–water partition coefficient (Wildman–Crippen LogP) is -1.91. The summed E-state index contributed by atoms with van der Waals surface area (Å²) in [6.45, 7) is -0.380. The first-order chi connectivity index (χ1) is 6.65. The lowest BCUT2D eigenvalue weighted by atomic mass is 9.99. The maximum absolute atomic E-state index is 9.65. The van der Waals surface area contributed by atoms with Crippen LogP contribution in [0.2, 0.25) is 0 Å². The highest BCUT2D eigenvalue weighted by Crippen LogP contribution is 2.23. The summed E-state index contributed by atoms with van der Waals surface area (Å²) in [6.07, 6.45) is -4.52. The number of ether oxygens (including phenoxy) is 3. The fourth-order valence-corrected chi connectivity index (χ4v) is 1.58. The Labute approximate surface area is 82.0 Å². The van der Waals surface area contributed by atoms with Crippen LogP contribution in [0.15, 0.2) is 0 Å². The van der Waals surface area contributed by atoms with Gasteiger partial charge in [-0.25, -0.2) is 0 Å². The molecule has 0 aromatic rings. The van der Waals surface area contributed by atoms with Crippen LogP contribution in [0.1, 0.15) is 0 Å². The van der Waals surface area contributed by atoms with Crippen molar-refractivity contribution in [1.82, 2.24) is 0 Å². The van der Waals surface area contributed by atoms with Gasteiger partial charge in [0, 0.05) is 14.2 Å². The van der Waals surface area contributed by atoms with Crippen molar-refractivity contribution in [2.45, 2.75) is 30.7 Å². The molecule has 0 aliphatic carbocycles. The number of rotatable bonds is 3. The van der Waals surface area contributed by atoms with E-state index in [1.807, 2.05) is 0 Å². The molecule has 0 saturated carbocycles. The molecule has 0 spiro atoms. The predicted molar refractivity (Wildman–Crippen MR) is 45.6 cm³/mol. The molecule has 1 aliphatic rings. The number of methoxy groups -OCH3 is 2. The second-order valence-electron chi connectivity index (χ2n) is 3.14. The number of aliphatic hydroxyl groups excluding tert-OH is 3. The fraction of sp³-hybridized carbons (Fsp3) is 1.00. The van der Waals surface area contributed by atoms with Crippen molar-refractivity contribution in [3.05, 3.63) is 0 Å². The molecule has 0 aromatic heterocycles. The van der Waals surface area contributed by atoms with E-state index in [1.54, 1.807) is 0 Å². The fourth-order valence-electron chi connectivity index (χ4n) is 1.58. The van der Waals surface area contributed by atoms with Crippen molar-refractivity contribution < 1.29 is 29.5 Å².